The molecular weight excluding hydrogens is 248 g/mol. The van der Waals surface area contributed by atoms with Gasteiger partial charge in [0.05, 0.1) is 0 Å². The lowest BCUT2D eigenvalue weighted by atomic mass is 9.72. The summed E-state index contributed by atoms with van der Waals surface area (Å²) >= 11 is 0. The molecule has 4 atom stereocenters. The van der Waals surface area contributed by atoms with Gasteiger partial charge >= 0.3 is 0 Å². The summed E-state index contributed by atoms with van der Waals surface area (Å²) in [6.07, 6.45) is 5.47. The van der Waals surface area contributed by atoms with E-state index in [-0.39, 0.29) is 12.0 Å². The van der Waals surface area contributed by atoms with E-state index in [2.05, 4.69) is 32.6 Å². The smallest absolute Gasteiger partial charge is 0.226 e. The Bertz CT molecular complexity index is 353. The van der Waals surface area contributed by atoms with Crippen molar-refractivity contribution in [2.24, 2.45) is 28.9 Å². The van der Waals surface area contributed by atoms with Crippen LogP contribution in [0.2, 0.25) is 0 Å². The molecule has 3 heteroatoms. The van der Waals surface area contributed by atoms with Gasteiger partial charge in [0.2, 0.25) is 5.91 Å². The van der Waals surface area contributed by atoms with Crippen molar-refractivity contribution in [3.63, 3.8) is 0 Å². The second-order valence-corrected chi connectivity index (χ2v) is 8.04. The van der Waals surface area contributed by atoms with Gasteiger partial charge in [0.25, 0.3) is 0 Å². The van der Waals surface area contributed by atoms with E-state index in [0.29, 0.717) is 23.2 Å². The summed E-state index contributed by atoms with van der Waals surface area (Å²) in [7, 11) is 0. The van der Waals surface area contributed by atoms with Crippen LogP contribution in [-0.2, 0) is 4.79 Å². The second kappa shape index (κ2) is 6.05. The van der Waals surface area contributed by atoms with E-state index >= 15 is 0 Å². The lowest BCUT2D eigenvalue weighted by Gasteiger charge is -2.38. The average Bonchev–Trinajstić information content (AvgIpc) is 2.54. The quantitative estimate of drug-likeness (QED) is 0.802. The minimum absolute atomic E-state index is 0.155. The number of carbonyl (C=O) groups is 1. The van der Waals surface area contributed by atoms with Crippen LogP contribution >= 0.6 is 0 Å². The number of hydrogen-bond donors (Lipinski definition) is 1. The molecule has 0 bridgehead atoms. The zero-order chi connectivity index (χ0) is 14.9. The molecule has 0 radical (unpaired) electrons. The van der Waals surface area contributed by atoms with E-state index in [0.717, 1.165) is 38.8 Å². The van der Waals surface area contributed by atoms with Crippen molar-refractivity contribution in [2.75, 3.05) is 13.1 Å². The molecule has 0 spiro atoms. The van der Waals surface area contributed by atoms with Crippen LogP contribution in [0.4, 0.5) is 0 Å². The summed E-state index contributed by atoms with van der Waals surface area (Å²) in [6, 6.07) is 0.198. The average molecular weight is 280 g/mol. The van der Waals surface area contributed by atoms with Gasteiger partial charge in [-0.25, -0.2) is 0 Å². The topological polar surface area (TPSA) is 46.3 Å². The number of amides is 1. The molecule has 0 aromatic rings. The summed E-state index contributed by atoms with van der Waals surface area (Å²) in [5.74, 6) is 1.56. The Hall–Kier alpha value is -0.570. The molecule has 1 saturated carbocycles. The molecule has 2 rings (SSSR count). The summed E-state index contributed by atoms with van der Waals surface area (Å²) in [6.45, 7) is 11.0. The van der Waals surface area contributed by atoms with Crippen LogP contribution in [0.15, 0.2) is 0 Å². The number of nitrogens with two attached hydrogens (primary N) is 1. The third-order valence-corrected chi connectivity index (χ3v) is 5.66. The van der Waals surface area contributed by atoms with Crippen molar-refractivity contribution in [1.82, 2.24) is 4.90 Å². The van der Waals surface area contributed by atoms with E-state index < -0.39 is 0 Å². The first-order chi connectivity index (χ1) is 9.30. The van der Waals surface area contributed by atoms with Crippen LogP contribution in [0.5, 0.6) is 0 Å². The molecule has 0 aromatic heterocycles. The van der Waals surface area contributed by atoms with Gasteiger partial charge in [0, 0.05) is 25.0 Å². The molecule has 1 heterocycles. The van der Waals surface area contributed by atoms with Crippen molar-refractivity contribution in [2.45, 2.75) is 65.8 Å². The van der Waals surface area contributed by atoms with Gasteiger partial charge in [0.15, 0.2) is 0 Å². The van der Waals surface area contributed by atoms with Gasteiger partial charge in [-0.15, -0.1) is 0 Å². The number of nitrogens with zero attached hydrogens (tertiary/aromatic N) is 1. The van der Waals surface area contributed by atoms with Crippen LogP contribution in [0.1, 0.15) is 59.8 Å². The maximum Gasteiger partial charge on any atom is 0.226 e. The highest BCUT2D eigenvalue weighted by atomic mass is 16.2. The minimum Gasteiger partial charge on any atom is -0.342 e. The fraction of sp³-hybridized carbons (Fsp3) is 0.941. The lowest BCUT2D eigenvalue weighted by Crippen LogP contribution is -2.46. The van der Waals surface area contributed by atoms with Crippen molar-refractivity contribution >= 4 is 5.91 Å². The Kier molecular flexibility index (Phi) is 4.78. The van der Waals surface area contributed by atoms with E-state index in [1.54, 1.807) is 0 Å². The van der Waals surface area contributed by atoms with E-state index in [1.165, 1.54) is 6.42 Å². The SMILES string of the molecule is CC1CC(C)C(C(=O)N2CCCC(C)(C)CC2)CC1N. The Labute approximate surface area is 124 Å². The molecule has 0 aromatic carbocycles. The number of rotatable bonds is 1. The summed E-state index contributed by atoms with van der Waals surface area (Å²) in [4.78, 5) is 15.0. The fourth-order valence-electron chi connectivity index (χ4n) is 3.91. The van der Waals surface area contributed by atoms with Crippen LogP contribution < -0.4 is 5.73 Å². The predicted octanol–water partition coefficient (Wildman–Crippen LogP) is 3.03. The Morgan fingerprint density at radius 3 is 2.50 bits per heavy atom. The largest absolute Gasteiger partial charge is 0.342 e. The molecule has 4 unspecified atom stereocenters. The molecule has 20 heavy (non-hydrogen) atoms. The van der Waals surface area contributed by atoms with Crippen LogP contribution in [0, 0.1) is 23.2 Å². The van der Waals surface area contributed by atoms with Crippen LogP contribution in [0.25, 0.3) is 0 Å². The number of likely N-dealkylation sites (tertiary alicyclic amines) is 1. The second-order valence-electron chi connectivity index (χ2n) is 8.04. The molecular formula is C17H32N2O. The zero-order valence-electron chi connectivity index (χ0n) is 13.7. The Morgan fingerprint density at radius 1 is 1.10 bits per heavy atom. The lowest BCUT2D eigenvalue weighted by molar-refractivity contribution is -0.139. The third kappa shape index (κ3) is 3.55. The highest BCUT2D eigenvalue weighted by Crippen LogP contribution is 2.36. The van der Waals surface area contributed by atoms with Gasteiger partial charge in [-0.3, -0.25) is 4.79 Å². The van der Waals surface area contributed by atoms with Crippen molar-refractivity contribution < 1.29 is 4.79 Å². The van der Waals surface area contributed by atoms with Crippen molar-refractivity contribution in [1.29, 1.82) is 0 Å². The van der Waals surface area contributed by atoms with Crippen molar-refractivity contribution in [3.05, 3.63) is 0 Å². The molecule has 2 fully saturated rings. The molecule has 1 saturated heterocycles. The van der Waals surface area contributed by atoms with Gasteiger partial charge in [0.1, 0.15) is 0 Å². The van der Waals surface area contributed by atoms with Crippen LogP contribution in [-0.4, -0.2) is 29.9 Å². The van der Waals surface area contributed by atoms with Gasteiger partial charge in [-0.05, 0) is 49.4 Å². The van der Waals surface area contributed by atoms with E-state index in [4.69, 9.17) is 5.73 Å². The molecule has 116 valence electrons. The summed E-state index contributed by atoms with van der Waals surface area (Å²) in [5, 5.41) is 0. The fourth-order valence-corrected chi connectivity index (χ4v) is 3.91. The number of hydrogen-bond acceptors (Lipinski definition) is 2. The Morgan fingerprint density at radius 2 is 1.80 bits per heavy atom. The maximum atomic E-state index is 12.8. The van der Waals surface area contributed by atoms with Gasteiger partial charge < -0.3 is 10.6 Å². The molecule has 3 nitrogen and oxygen atoms in total. The molecule has 2 N–H and O–H groups in total. The molecule has 1 aliphatic carbocycles. The monoisotopic (exact) mass is 280 g/mol. The molecule has 2 aliphatic rings. The third-order valence-electron chi connectivity index (χ3n) is 5.66. The highest BCUT2D eigenvalue weighted by Gasteiger charge is 2.37. The predicted molar refractivity (Wildman–Crippen MR) is 83.2 cm³/mol. The van der Waals surface area contributed by atoms with E-state index in [9.17, 15) is 4.79 Å². The standard InChI is InChI=1S/C17H32N2O/c1-12-10-13(2)15(18)11-14(12)16(20)19-8-5-6-17(3,4)7-9-19/h12-15H,5-11,18H2,1-4H3. The summed E-state index contributed by atoms with van der Waals surface area (Å²) in [5.41, 5.74) is 6.59. The highest BCUT2D eigenvalue weighted by molar-refractivity contribution is 5.79. The normalized spacial score (nSPS) is 38.4. The number of carbonyl (C=O) groups excluding carboxylic acids is 1. The van der Waals surface area contributed by atoms with E-state index in [1.807, 2.05) is 0 Å². The maximum absolute atomic E-state index is 12.8. The first kappa shape index (κ1) is 15.8. The van der Waals surface area contributed by atoms with Gasteiger partial charge in [-0.1, -0.05) is 27.7 Å². The van der Waals surface area contributed by atoms with Crippen molar-refractivity contribution in [3.8, 4) is 0 Å². The van der Waals surface area contributed by atoms with Crippen LogP contribution in [0.3, 0.4) is 0 Å². The molecule has 1 aliphatic heterocycles. The Balaban J connectivity index is 2.00. The summed E-state index contributed by atoms with van der Waals surface area (Å²) < 4.78 is 0. The first-order valence-corrected chi connectivity index (χ1v) is 8.34. The zero-order valence-corrected chi connectivity index (χ0v) is 13.7. The molecule has 1 amide bonds. The first-order valence-electron chi connectivity index (χ1n) is 8.34. The minimum atomic E-state index is 0.155. The van der Waals surface area contributed by atoms with Gasteiger partial charge in [-0.2, -0.15) is 0 Å².